The molecule has 0 spiro atoms. The number of halogens is 1. The Hall–Kier alpha value is -2.24. The van der Waals surface area contributed by atoms with E-state index in [1.54, 1.807) is 6.92 Å². The van der Waals surface area contributed by atoms with Gasteiger partial charge in [0.05, 0.1) is 6.61 Å². The number of aliphatic hydroxyl groups is 1. The van der Waals surface area contributed by atoms with E-state index in [1.807, 2.05) is 0 Å². The second-order valence-corrected chi connectivity index (χ2v) is 3.02. The summed E-state index contributed by atoms with van der Waals surface area (Å²) >= 11 is 0. The molecule has 0 heterocycles. The predicted molar refractivity (Wildman–Crippen MR) is 58.4 cm³/mol. The molecule has 6 heteroatoms. The zero-order valence-corrected chi connectivity index (χ0v) is 9.01. The van der Waals surface area contributed by atoms with E-state index in [9.17, 15) is 19.2 Å². The van der Waals surface area contributed by atoms with E-state index < -0.39 is 23.2 Å². The fourth-order valence-electron chi connectivity index (χ4n) is 1.15. The Kier molecular flexibility index (Phi) is 4.33. The molecule has 0 atom stereocenters. The van der Waals surface area contributed by atoms with E-state index in [0.29, 0.717) is 0 Å². The number of ether oxygens (including phenoxy) is 1. The van der Waals surface area contributed by atoms with Gasteiger partial charge in [-0.25, -0.2) is 9.18 Å². The molecule has 5 nitrogen and oxygen atoms in total. The van der Waals surface area contributed by atoms with Crippen LogP contribution in [0.5, 0.6) is 0 Å². The summed E-state index contributed by atoms with van der Waals surface area (Å²) in [5.74, 6) is -2.37. The molecule has 1 aromatic rings. The zero-order valence-electron chi connectivity index (χ0n) is 9.01. The van der Waals surface area contributed by atoms with Gasteiger partial charge in [-0.05, 0) is 24.2 Å². The highest BCUT2D eigenvalue weighted by atomic mass is 19.1. The summed E-state index contributed by atoms with van der Waals surface area (Å²) in [6, 6.07) is 4.80. The first kappa shape index (κ1) is 12.8. The van der Waals surface area contributed by atoms with Gasteiger partial charge in [0, 0.05) is 5.56 Å². The molecule has 0 aliphatic heterocycles. The molecule has 0 amide bonds. The number of rotatable bonds is 4. The van der Waals surface area contributed by atoms with E-state index >= 15 is 0 Å². The normalized spacial score (nSPS) is 11.6. The number of aliphatic hydroxyl groups excluding tert-OH is 1. The molecule has 1 aromatic carbocycles. The van der Waals surface area contributed by atoms with Crippen molar-refractivity contribution in [3.8, 4) is 0 Å². The number of hydrogen-bond acceptors (Lipinski definition) is 5. The molecule has 1 rings (SSSR count). The number of hydrogen-bond donors (Lipinski definition) is 1. The summed E-state index contributed by atoms with van der Waals surface area (Å²) in [6.07, 6.45) is 0. The molecular weight excluding hydrogens is 229 g/mol. The predicted octanol–water partition coefficient (Wildman–Crippen LogP) is 2.38. The number of carbonyl (C=O) groups is 1. The maximum atomic E-state index is 12.9. The summed E-state index contributed by atoms with van der Waals surface area (Å²) in [5, 5.41) is 12.0. The average molecular weight is 239 g/mol. The Morgan fingerprint density at radius 2 is 2.24 bits per heavy atom. The lowest BCUT2D eigenvalue weighted by atomic mass is 10.1. The van der Waals surface area contributed by atoms with Gasteiger partial charge in [0.15, 0.2) is 5.76 Å². The van der Waals surface area contributed by atoms with Crippen molar-refractivity contribution < 1.29 is 19.0 Å². The second-order valence-electron chi connectivity index (χ2n) is 3.02. The molecule has 1 N–H and O–H groups in total. The molecule has 0 aromatic heterocycles. The molecule has 0 fully saturated rings. The average Bonchev–Trinajstić information content (AvgIpc) is 2.30. The summed E-state index contributed by atoms with van der Waals surface area (Å²) < 4.78 is 17.4. The van der Waals surface area contributed by atoms with Crippen LogP contribution >= 0.6 is 0 Å². The van der Waals surface area contributed by atoms with E-state index in [0.717, 1.165) is 12.1 Å². The molecule has 90 valence electrons. The van der Waals surface area contributed by atoms with Crippen LogP contribution in [0.25, 0.3) is 5.76 Å². The van der Waals surface area contributed by atoms with Crippen LogP contribution < -0.4 is 0 Å². The molecule has 0 aliphatic carbocycles. The first-order valence-electron chi connectivity index (χ1n) is 4.79. The third-order valence-electron chi connectivity index (χ3n) is 1.88. The fourth-order valence-corrected chi connectivity index (χ4v) is 1.15. The largest absolute Gasteiger partial charge is 0.505 e. The highest BCUT2D eigenvalue weighted by Crippen LogP contribution is 2.18. The van der Waals surface area contributed by atoms with Crippen LogP contribution in [0, 0.1) is 10.7 Å². The number of esters is 1. The Bertz CT molecular complexity index is 470. The lowest BCUT2D eigenvalue weighted by molar-refractivity contribution is -0.138. The van der Waals surface area contributed by atoms with Crippen LogP contribution in [0.3, 0.4) is 0 Å². The van der Waals surface area contributed by atoms with Crippen LogP contribution in [-0.2, 0) is 9.53 Å². The van der Waals surface area contributed by atoms with Crippen molar-refractivity contribution in [2.24, 2.45) is 5.18 Å². The zero-order chi connectivity index (χ0) is 12.8. The van der Waals surface area contributed by atoms with Crippen molar-refractivity contribution in [3.05, 3.63) is 46.3 Å². The lowest BCUT2D eigenvalue weighted by Gasteiger charge is -2.04. The molecule has 0 bridgehead atoms. The lowest BCUT2D eigenvalue weighted by Crippen LogP contribution is -2.08. The molecule has 0 aliphatic rings. The Morgan fingerprint density at radius 1 is 1.53 bits per heavy atom. The van der Waals surface area contributed by atoms with Crippen molar-refractivity contribution in [3.63, 3.8) is 0 Å². The van der Waals surface area contributed by atoms with Gasteiger partial charge in [-0.2, -0.15) is 0 Å². The van der Waals surface area contributed by atoms with Crippen molar-refractivity contribution in [2.45, 2.75) is 6.92 Å². The number of benzene rings is 1. The van der Waals surface area contributed by atoms with Crippen molar-refractivity contribution in [1.82, 2.24) is 0 Å². The van der Waals surface area contributed by atoms with Gasteiger partial charge in [0.1, 0.15) is 5.82 Å². The van der Waals surface area contributed by atoms with Gasteiger partial charge in [0.25, 0.3) is 0 Å². The fraction of sp³-hybridized carbons (Fsp3) is 0.182. The van der Waals surface area contributed by atoms with Crippen molar-refractivity contribution >= 4 is 11.7 Å². The maximum absolute atomic E-state index is 12.9. The Labute approximate surface area is 96.5 Å². The number of nitrogens with zero attached hydrogens (tertiary/aromatic N) is 1. The maximum Gasteiger partial charge on any atom is 0.364 e. The minimum atomic E-state index is -1.05. The summed E-state index contributed by atoms with van der Waals surface area (Å²) in [5.41, 5.74) is -0.801. The molecule has 0 unspecified atom stereocenters. The minimum absolute atomic E-state index is 0.0207. The van der Waals surface area contributed by atoms with Gasteiger partial charge < -0.3 is 9.84 Å². The summed E-state index contributed by atoms with van der Waals surface area (Å²) in [7, 11) is 0. The standard InChI is InChI=1S/C11H10FNO4/c1-2-17-11(15)9(13-16)10(14)7-4-3-5-8(12)6-7/h3-6,14H,2H2,1H3. The quantitative estimate of drug-likeness (QED) is 0.379. The van der Waals surface area contributed by atoms with Crippen LogP contribution in [-0.4, -0.2) is 17.7 Å². The summed E-state index contributed by atoms with van der Waals surface area (Å²) in [6.45, 7) is 1.58. The van der Waals surface area contributed by atoms with Gasteiger partial charge in [0.2, 0.25) is 5.70 Å². The van der Waals surface area contributed by atoms with Crippen LogP contribution in [0.15, 0.2) is 35.1 Å². The number of nitroso groups, excluding NO2 is 1. The third kappa shape index (κ3) is 3.10. The van der Waals surface area contributed by atoms with Crippen LogP contribution in [0.4, 0.5) is 4.39 Å². The second kappa shape index (κ2) is 5.74. The van der Waals surface area contributed by atoms with E-state index in [1.165, 1.54) is 12.1 Å². The van der Waals surface area contributed by atoms with Gasteiger partial charge in [-0.15, -0.1) is 4.91 Å². The molecule has 0 saturated heterocycles. The molecule has 17 heavy (non-hydrogen) atoms. The first-order valence-corrected chi connectivity index (χ1v) is 4.79. The topological polar surface area (TPSA) is 76.0 Å². The van der Waals surface area contributed by atoms with Crippen molar-refractivity contribution in [1.29, 1.82) is 0 Å². The SMILES string of the molecule is CCOC(=O)C(N=O)=C(O)c1cccc(F)c1. The highest BCUT2D eigenvalue weighted by molar-refractivity contribution is 5.95. The van der Waals surface area contributed by atoms with E-state index in [2.05, 4.69) is 9.91 Å². The van der Waals surface area contributed by atoms with E-state index in [4.69, 9.17) is 0 Å². The van der Waals surface area contributed by atoms with Gasteiger partial charge in [-0.1, -0.05) is 12.1 Å². The molecular formula is C11H10FNO4. The van der Waals surface area contributed by atoms with E-state index in [-0.39, 0.29) is 12.2 Å². The minimum Gasteiger partial charge on any atom is -0.505 e. The van der Waals surface area contributed by atoms with Crippen molar-refractivity contribution in [2.75, 3.05) is 6.61 Å². The Morgan fingerprint density at radius 3 is 2.76 bits per heavy atom. The first-order chi connectivity index (χ1) is 8.10. The van der Waals surface area contributed by atoms with Crippen LogP contribution in [0.2, 0.25) is 0 Å². The molecule has 0 saturated carbocycles. The Balaban J connectivity index is 3.17. The third-order valence-corrected chi connectivity index (χ3v) is 1.88. The van der Waals surface area contributed by atoms with Crippen LogP contribution in [0.1, 0.15) is 12.5 Å². The summed E-state index contributed by atoms with van der Waals surface area (Å²) in [4.78, 5) is 21.7. The molecule has 0 radical (unpaired) electrons. The monoisotopic (exact) mass is 239 g/mol. The van der Waals surface area contributed by atoms with Gasteiger partial charge in [-0.3, -0.25) is 0 Å². The van der Waals surface area contributed by atoms with Gasteiger partial charge >= 0.3 is 5.97 Å². The highest BCUT2D eigenvalue weighted by Gasteiger charge is 2.19. The number of carbonyl (C=O) groups excluding carboxylic acids is 1. The smallest absolute Gasteiger partial charge is 0.364 e.